The topological polar surface area (TPSA) is 75.7 Å². The Labute approximate surface area is 163 Å². The molecule has 0 saturated heterocycles. The Morgan fingerprint density at radius 2 is 1.78 bits per heavy atom. The number of hydrogen-bond acceptors (Lipinski definition) is 4. The molecule has 0 spiro atoms. The van der Waals surface area contributed by atoms with Gasteiger partial charge in [0.2, 0.25) is 11.8 Å². The number of hydrogen-bond donors (Lipinski definition) is 1. The number of nitrogens with zero attached hydrogens (tertiary/aromatic N) is 1. The van der Waals surface area contributed by atoms with Crippen LogP contribution in [0.3, 0.4) is 0 Å². The first-order valence-electron chi connectivity index (χ1n) is 8.43. The van der Waals surface area contributed by atoms with E-state index in [0.29, 0.717) is 22.0 Å². The first-order chi connectivity index (χ1) is 12.8. The van der Waals surface area contributed by atoms with Crippen molar-refractivity contribution in [3.63, 3.8) is 0 Å². The van der Waals surface area contributed by atoms with E-state index in [0.717, 1.165) is 5.56 Å². The maximum absolute atomic E-state index is 12.4. The minimum Gasteiger partial charge on any atom is -0.462 e. The molecule has 142 valence electrons. The van der Waals surface area contributed by atoms with Gasteiger partial charge in [-0.25, -0.2) is 4.79 Å². The number of carbonyl (C=O) groups excluding carboxylic acids is 3. The van der Waals surface area contributed by atoms with Crippen molar-refractivity contribution in [1.82, 2.24) is 0 Å². The number of benzene rings is 2. The first-order valence-corrected chi connectivity index (χ1v) is 8.81. The lowest BCUT2D eigenvalue weighted by Gasteiger charge is -2.21. The summed E-state index contributed by atoms with van der Waals surface area (Å²) < 4.78 is 4.93. The van der Waals surface area contributed by atoms with Crippen molar-refractivity contribution in [2.45, 2.75) is 20.8 Å². The third-order valence-corrected chi connectivity index (χ3v) is 4.07. The van der Waals surface area contributed by atoms with Gasteiger partial charge in [0.1, 0.15) is 6.54 Å². The molecule has 2 aromatic rings. The van der Waals surface area contributed by atoms with Crippen molar-refractivity contribution in [3.8, 4) is 0 Å². The van der Waals surface area contributed by atoms with Gasteiger partial charge in [-0.2, -0.15) is 0 Å². The van der Waals surface area contributed by atoms with Gasteiger partial charge in [-0.1, -0.05) is 11.6 Å². The Morgan fingerprint density at radius 1 is 1.11 bits per heavy atom. The first kappa shape index (κ1) is 20.5. The number of amides is 2. The van der Waals surface area contributed by atoms with Crippen LogP contribution in [0.4, 0.5) is 11.4 Å². The largest absolute Gasteiger partial charge is 0.462 e. The Hall–Kier alpha value is -2.86. The summed E-state index contributed by atoms with van der Waals surface area (Å²) in [4.78, 5) is 37.4. The van der Waals surface area contributed by atoms with Crippen LogP contribution in [0, 0.1) is 6.92 Å². The molecular weight excluding hydrogens is 368 g/mol. The van der Waals surface area contributed by atoms with E-state index in [1.54, 1.807) is 49.4 Å². The number of nitrogens with one attached hydrogen (secondary N) is 1. The molecule has 6 nitrogen and oxygen atoms in total. The van der Waals surface area contributed by atoms with Crippen LogP contribution in [0.25, 0.3) is 0 Å². The fourth-order valence-corrected chi connectivity index (χ4v) is 2.70. The lowest BCUT2D eigenvalue weighted by molar-refractivity contribution is -0.120. The van der Waals surface area contributed by atoms with Gasteiger partial charge in [-0.3, -0.25) is 9.59 Å². The summed E-state index contributed by atoms with van der Waals surface area (Å²) in [5.41, 5.74) is 2.35. The van der Waals surface area contributed by atoms with Gasteiger partial charge in [0.05, 0.1) is 12.2 Å². The maximum atomic E-state index is 12.4. The molecule has 2 amide bonds. The van der Waals surface area contributed by atoms with Crippen LogP contribution in [0.2, 0.25) is 5.02 Å². The summed E-state index contributed by atoms with van der Waals surface area (Å²) in [6.45, 7) is 5.06. The van der Waals surface area contributed by atoms with E-state index in [2.05, 4.69) is 5.32 Å². The average molecular weight is 389 g/mol. The fraction of sp³-hybridized carbons (Fsp3) is 0.250. The highest BCUT2D eigenvalue weighted by atomic mass is 35.5. The van der Waals surface area contributed by atoms with Crippen LogP contribution in [0.5, 0.6) is 0 Å². The van der Waals surface area contributed by atoms with E-state index >= 15 is 0 Å². The monoisotopic (exact) mass is 388 g/mol. The molecule has 0 heterocycles. The van der Waals surface area contributed by atoms with Gasteiger partial charge in [-0.15, -0.1) is 0 Å². The van der Waals surface area contributed by atoms with Gasteiger partial charge in [-0.05, 0) is 61.9 Å². The summed E-state index contributed by atoms with van der Waals surface area (Å²) in [5.74, 6) is -1.07. The number of anilines is 2. The van der Waals surface area contributed by atoms with Crippen LogP contribution in [-0.2, 0) is 14.3 Å². The molecule has 27 heavy (non-hydrogen) atoms. The van der Waals surface area contributed by atoms with E-state index in [-0.39, 0.29) is 25.0 Å². The van der Waals surface area contributed by atoms with E-state index in [9.17, 15) is 14.4 Å². The molecule has 0 aliphatic carbocycles. The van der Waals surface area contributed by atoms with Crippen molar-refractivity contribution in [3.05, 3.63) is 58.6 Å². The lowest BCUT2D eigenvalue weighted by Crippen LogP contribution is -2.36. The third kappa shape index (κ3) is 5.56. The van der Waals surface area contributed by atoms with Crippen LogP contribution < -0.4 is 10.2 Å². The Balaban J connectivity index is 2.11. The Bertz CT molecular complexity index is 850. The molecule has 0 fully saturated rings. The predicted molar refractivity (Wildman–Crippen MR) is 105 cm³/mol. The van der Waals surface area contributed by atoms with E-state index in [1.165, 1.54) is 11.8 Å². The molecule has 0 bridgehead atoms. The Kier molecular flexibility index (Phi) is 6.96. The maximum Gasteiger partial charge on any atom is 0.338 e. The molecule has 2 rings (SSSR count). The Morgan fingerprint density at radius 3 is 2.33 bits per heavy atom. The van der Waals surface area contributed by atoms with Crippen LogP contribution in [0.1, 0.15) is 29.8 Å². The summed E-state index contributed by atoms with van der Waals surface area (Å²) in [7, 11) is 0. The van der Waals surface area contributed by atoms with E-state index < -0.39 is 5.97 Å². The van der Waals surface area contributed by atoms with E-state index in [4.69, 9.17) is 16.3 Å². The predicted octanol–water partition coefficient (Wildman–Crippen LogP) is 3.82. The average Bonchev–Trinajstić information content (AvgIpc) is 2.62. The molecule has 0 atom stereocenters. The number of halogens is 1. The minimum absolute atomic E-state index is 0.157. The smallest absolute Gasteiger partial charge is 0.338 e. The van der Waals surface area contributed by atoms with Gasteiger partial charge < -0.3 is 15.0 Å². The molecule has 0 aromatic heterocycles. The molecule has 0 unspecified atom stereocenters. The molecule has 0 saturated carbocycles. The van der Waals surface area contributed by atoms with Crippen LogP contribution in [-0.4, -0.2) is 30.9 Å². The van der Waals surface area contributed by atoms with Gasteiger partial charge in [0, 0.05) is 23.3 Å². The van der Waals surface area contributed by atoms with Crippen LogP contribution in [0.15, 0.2) is 42.5 Å². The fourth-order valence-electron chi connectivity index (χ4n) is 2.48. The summed E-state index contributed by atoms with van der Waals surface area (Å²) in [5, 5.41) is 3.35. The second kappa shape index (κ2) is 9.19. The standard InChI is InChI=1S/C20H21ClN2O4/c1-4-27-20(26)15-5-8-17(9-6-15)23(14(3)24)12-19(25)22-18-10-7-16(21)11-13(18)2/h5-11H,4,12H2,1-3H3,(H,22,25). The van der Waals surface area contributed by atoms with Crippen molar-refractivity contribution in [2.75, 3.05) is 23.4 Å². The zero-order valence-corrected chi connectivity index (χ0v) is 16.2. The second-order valence-corrected chi connectivity index (χ2v) is 6.32. The van der Waals surface area contributed by atoms with Gasteiger partial charge >= 0.3 is 5.97 Å². The number of rotatable bonds is 6. The molecule has 0 aliphatic heterocycles. The summed E-state index contributed by atoms with van der Waals surface area (Å²) >= 11 is 5.92. The SMILES string of the molecule is CCOC(=O)c1ccc(N(CC(=O)Nc2ccc(Cl)cc2C)C(C)=O)cc1. The molecule has 0 radical (unpaired) electrons. The van der Waals surface area contributed by atoms with Crippen molar-refractivity contribution < 1.29 is 19.1 Å². The minimum atomic E-state index is -0.436. The molecule has 1 N–H and O–H groups in total. The normalized spacial score (nSPS) is 10.2. The number of ether oxygens (including phenoxy) is 1. The molecular formula is C20H21ClN2O4. The van der Waals surface area contributed by atoms with Crippen molar-refractivity contribution in [2.24, 2.45) is 0 Å². The van der Waals surface area contributed by atoms with E-state index in [1.807, 2.05) is 6.92 Å². The summed E-state index contributed by atoms with van der Waals surface area (Å²) in [6, 6.07) is 11.5. The molecule has 7 heteroatoms. The highest BCUT2D eigenvalue weighted by Crippen LogP contribution is 2.20. The lowest BCUT2D eigenvalue weighted by atomic mass is 10.2. The third-order valence-electron chi connectivity index (χ3n) is 3.83. The molecule has 0 aliphatic rings. The second-order valence-electron chi connectivity index (χ2n) is 5.88. The van der Waals surface area contributed by atoms with Crippen molar-refractivity contribution in [1.29, 1.82) is 0 Å². The highest BCUT2D eigenvalue weighted by molar-refractivity contribution is 6.30. The molecule has 2 aromatic carbocycles. The summed E-state index contributed by atoms with van der Waals surface area (Å²) in [6.07, 6.45) is 0. The number of carbonyl (C=O) groups is 3. The zero-order chi connectivity index (χ0) is 20.0. The zero-order valence-electron chi connectivity index (χ0n) is 15.4. The van der Waals surface area contributed by atoms with Gasteiger partial charge in [0.25, 0.3) is 0 Å². The highest BCUT2D eigenvalue weighted by Gasteiger charge is 2.17. The van der Waals surface area contributed by atoms with Crippen LogP contribution >= 0.6 is 11.6 Å². The van der Waals surface area contributed by atoms with Crippen molar-refractivity contribution >= 4 is 40.8 Å². The number of aryl methyl sites for hydroxylation is 1. The van der Waals surface area contributed by atoms with Gasteiger partial charge in [0.15, 0.2) is 0 Å². The number of esters is 1. The quantitative estimate of drug-likeness (QED) is 0.763.